The minimum absolute atomic E-state index is 0.0495. The average molecular weight is 509 g/mol. The second kappa shape index (κ2) is 12.5. The van der Waals surface area contributed by atoms with E-state index in [1.54, 1.807) is 48.5 Å². The predicted molar refractivity (Wildman–Crippen MR) is 140 cm³/mol. The van der Waals surface area contributed by atoms with E-state index in [-0.39, 0.29) is 18.0 Å². The van der Waals surface area contributed by atoms with E-state index in [9.17, 15) is 18.0 Å². The molecule has 0 aromatic heterocycles. The predicted octanol–water partition coefficient (Wildman–Crippen LogP) is 5.09. The van der Waals surface area contributed by atoms with Crippen LogP contribution in [0.2, 0.25) is 0 Å². The van der Waals surface area contributed by atoms with Crippen LogP contribution in [0.4, 0.5) is 5.69 Å². The highest BCUT2D eigenvalue weighted by Crippen LogP contribution is 2.20. The molecule has 0 bridgehead atoms. The van der Waals surface area contributed by atoms with Crippen LogP contribution in [0, 0.1) is 13.8 Å². The first-order valence-corrected chi connectivity index (χ1v) is 13.3. The third-order valence-electron chi connectivity index (χ3n) is 5.56. The van der Waals surface area contributed by atoms with Crippen molar-refractivity contribution >= 4 is 27.6 Å². The number of unbranched alkanes of at least 4 members (excludes halogenated alkanes) is 1. The molecule has 0 aliphatic rings. The van der Waals surface area contributed by atoms with E-state index in [1.165, 1.54) is 4.31 Å². The number of anilines is 1. The lowest BCUT2D eigenvalue weighted by atomic mass is 10.1. The highest BCUT2D eigenvalue weighted by Gasteiger charge is 2.27. The molecule has 0 radical (unpaired) electrons. The van der Waals surface area contributed by atoms with Gasteiger partial charge in [-0.05, 0) is 62.2 Å². The van der Waals surface area contributed by atoms with Gasteiger partial charge in [-0.3, -0.25) is 4.79 Å². The molecule has 0 fully saturated rings. The number of hydrogen-bond acceptors (Lipinski definition) is 5. The quantitative estimate of drug-likeness (QED) is 0.288. The van der Waals surface area contributed by atoms with Gasteiger partial charge in [0.05, 0.1) is 23.6 Å². The Labute approximate surface area is 213 Å². The molecule has 8 heteroatoms. The number of carbonyl (C=O) groups excluding carboxylic acids is 2. The molecular formula is C28H32N2O5S. The van der Waals surface area contributed by atoms with Crippen molar-refractivity contribution in [2.75, 3.05) is 18.5 Å². The van der Waals surface area contributed by atoms with E-state index in [0.29, 0.717) is 17.9 Å². The van der Waals surface area contributed by atoms with Gasteiger partial charge in [-0.1, -0.05) is 60.9 Å². The van der Waals surface area contributed by atoms with Gasteiger partial charge in [0.15, 0.2) is 0 Å². The van der Waals surface area contributed by atoms with Crippen molar-refractivity contribution in [3.63, 3.8) is 0 Å². The smallest absolute Gasteiger partial charge is 0.338 e. The molecule has 0 aliphatic carbocycles. The summed E-state index contributed by atoms with van der Waals surface area (Å²) in [4.78, 5) is 25.1. The summed E-state index contributed by atoms with van der Waals surface area (Å²) in [6, 6.07) is 20.4. The monoisotopic (exact) mass is 508 g/mol. The fourth-order valence-corrected chi connectivity index (χ4v) is 4.93. The number of carbonyl (C=O) groups is 2. The van der Waals surface area contributed by atoms with E-state index in [4.69, 9.17) is 4.74 Å². The number of rotatable bonds is 11. The van der Waals surface area contributed by atoms with Gasteiger partial charge in [-0.2, -0.15) is 4.31 Å². The molecule has 1 N–H and O–H groups in total. The van der Waals surface area contributed by atoms with Crippen molar-refractivity contribution < 1.29 is 22.7 Å². The topological polar surface area (TPSA) is 92.8 Å². The maximum atomic E-state index is 13.4. The van der Waals surface area contributed by atoms with Crippen LogP contribution in [0.15, 0.2) is 77.7 Å². The van der Waals surface area contributed by atoms with Crippen LogP contribution >= 0.6 is 0 Å². The number of benzene rings is 3. The molecule has 1 amide bonds. The van der Waals surface area contributed by atoms with Crippen LogP contribution in [0.5, 0.6) is 0 Å². The van der Waals surface area contributed by atoms with Crippen LogP contribution in [-0.2, 0) is 26.1 Å². The number of aryl methyl sites for hydroxylation is 2. The zero-order chi connectivity index (χ0) is 26.1. The van der Waals surface area contributed by atoms with Gasteiger partial charge in [0.2, 0.25) is 15.9 Å². The second-order valence-corrected chi connectivity index (χ2v) is 10.6. The Morgan fingerprint density at radius 2 is 1.61 bits per heavy atom. The van der Waals surface area contributed by atoms with Crippen molar-refractivity contribution in [1.82, 2.24) is 4.31 Å². The third-order valence-corrected chi connectivity index (χ3v) is 7.36. The molecule has 0 atom stereocenters. The van der Waals surface area contributed by atoms with Gasteiger partial charge in [0.25, 0.3) is 0 Å². The van der Waals surface area contributed by atoms with E-state index in [0.717, 1.165) is 29.5 Å². The van der Waals surface area contributed by atoms with Gasteiger partial charge in [0.1, 0.15) is 0 Å². The zero-order valence-corrected chi connectivity index (χ0v) is 21.7. The number of nitrogens with zero attached hydrogens (tertiary/aromatic N) is 1. The molecule has 0 heterocycles. The van der Waals surface area contributed by atoms with Gasteiger partial charge >= 0.3 is 5.97 Å². The molecule has 36 heavy (non-hydrogen) atoms. The van der Waals surface area contributed by atoms with E-state index in [2.05, 4.69) is 5.32 Å². The Hall–Kier alpha value is -3.49. The molecule has 3 rings (SSSR count). The standard InChI is InChI=1S/C28H32N2O5S/c1-4-5-17-35-28(32)24-11-13-25(14-12-24)29-27(31)20-30(19-23-8-6-7-22(3)18-23)36(33,34)26-15-9-21(2)10-16-26/h6-16,18H,4-5,17,19-20H2,1-3H3,(H,29,31). The maximum Gasteiger partial charge on any atom is 0.338 e. The number of esters is 1. The molecule has 0 unspecified atom stereocenters. The number of ether oxygens (including phenoxy) is 1. The van der Waals surface area contributed by atoms with E-state index in [1.807, 2.05) is 45.0 Å². The van der Waals surface area contributed by atoms with Crippen molar-refractivity contribution in [1.29, 1.82) is 0 Å². The maximum absolute atomic E-state index is 13.4. The Morgan fingerprint density at radius 3 is 2.25 bits per heavy atom. The highest BCUT2D eigenvalue weighted by molar-refractivity contribution is 7.89. The Bertz CT molecular complexity index is 1290. The summed E-state index contributed by atoms with van der Waals surface area (Å²) in [5, 5.41) is 2.72. The lowest BCUT2D eigenvalue weighted by molar-refractivity contribution is -0.116. The summed E-state index contributed by atoms with van der Waals surface area (Å²) in [5.74, 6) is -0.911. The molecule has 190 valence electrons. The van der Waals surface area contributed by atoms with Crippen LogP contribution in [0.1, 0.15) is 46.8 Å². The normalized spacial score (nSPS) is 11.3. The average Bonchev–Trinajstić information content (AvgIpc) is 2.84. The Balaban J connectivity index is 1.75. The minimum atomic E-state index is -3.93. The van der Waals surface area contributed by atoms with Crippen molar-refractivity contribution in [2.45, 2.75) is 45.1 Å². The molecular weight excluding hydrogens is 476 g/mol. The highest BCUT2D eigenvalue weighted by atomic mass is 32.2. The van der Waals surface area contributed by atoms with Crippen LogP contribution in [0.25, 0.3) is 0 Å². The van der Waals surface area contributed by atoms with Gasteiger partial charge < -0.3 is 10.1 Å². The van der Waals surface area contributed by atoms with Gasteiger partial charge in [-0.15, -0.1) is 0 Å². The summed E-state index contributed by atoms with van der Waals surface area (Å²) < 4.78 is 33.2. The first-order chi connectivity index (χ1) is 17.2. The van der Waals surface area contributed by atoms with E-state index < -0.39 is 21.9 Å². The van der Waals surface area contributed by atoms with Crippen molar-refractivity contribution in [2.24, 2.45) is 0 Å². The number of sulfonamides is 1. The zero-order valence-electron chi connectivity index (χ0n) is 20.9. The van der Waals surface area contributed by atoms with Gasteiger partial charge in [-0.25, -0.2) is 13.2 Å². The fraction of sp³-hybridized carbons (Fsp3) is 0.286. The first-order valence-electron chi connectivity index (χ1n) is 11.9. The van der Waals surface area contributed by atoms with Crippen LogP contribution in [0.3, 0.4) is 0 Å². The lowest BCUT2D eigenvalue weighted by Crippen LogP contribution is -2.37. The second-order valence-electron chi connectivity index (χ2n) is 8.69. The van der Waals surface area contributed by atoms with E-state index >= 15 is 0 Å². The van der Waals surface area contributed by atoms with Gasteiger partial charge in [0, 0.05) is 12.2 Å². The van der Waals surface area contributed by atoms with Crippen LogP contribution < -0.4 is 5.32 Å². The van der Waals surface area contributed by atoms with Crippen molar-refractivity contribution in [3.8, 4) is 0 Å². The number of amides is 1. The third kappa shape index (κ3) is 7.50. The van der Waals surface area contributed by atoms with Crippen molar-refractivity contribution in [3.05, 3.63) is 95.1 Å². The molecule has 3 aromatic carbocycles. The largest absolute Gasteiger partial charge is 0.462 e. The first kappa shape index (κ1) is 27.1. The number of nitrogens with one attached hydrogen (secondary N) is 1. The summed E-state index contributed by atoms with van der Waals surface area (Å²) >= 11 is 0. The minimum Gasteiger partial charge on any atom is -0.462 e. The molecule has 0 saturated carbocycles. The molecule has 0 saturated heterocycles. The molecule has 7 nitrogen and oxygen atoms in total. The summed E-state index contributed by atoms with van der Waals surface area (Å²) in [6.07, 6.45) is 1.73. The Morgan fingerprint density at radius 1 is 0.917 bits per heavy atom. The molecule has 0 aliphatic heterocycles. The number of hydrogen-bond donors (Lipinski definition) is 1. The molecule has 3 aromatic rings. The van der Waals surface area contributed by atoms with Crippen LogP contribution in [-0.4, -0.2) is 37.8 Å². The summed E-state index contributed by atoms with van der Waals surface area (Å²) in [7, 11) is -3.93. The lowest BCUT2D eigenvalue weighted by Gasteiger charge is -2.22. The fourth-order valence-electron chi connectivity index (χ4n) is 3.54. The molecule has 0 spiro atoms. The summed E-state index contributed by atoms with van der Waals surface area (Å²) in [5.41, 5.74) is 3.55. The Kier molecular flexibility index (Phi) is 9.38. The SMILES string of the molecule is CCCCOC(=O)c1ccc(NC(=O)CN(Cc2cccc(C)c2)S(=O)(=O)c2ccc(C)cc2)cc1. The summed E-state index contributed by atoms with van der Waals surface area (Å²) in [6.45, 7) is 5.86.